The molecular formula is C27H31F2N3O4. The van der Waals surface area contributed by atoms with Crippen LogP contribution in [0.5, 0.6) is 5.88 Å². The Hall–Kier alpha value is -3.75. The molecule has 0 bridgehead atoms. The monoisotopic (exact) mass is 499 g/mol. The lowest BCUT2D eigenvalue weighted by atomic mass is 9.83. The molecule has 0 fully saturated rings. The van der Waals surface area contributed by atoms with Gasteiger partial charge in [-0.2, -0.15) is 0 Å². The maximum atomic E-state index is 13.8. The molecule has 3 heterocycles. The summed E-state index contributed by atoms with van der Waals surface area (Å²) in [5, 5.41) is 0. The number of benzene rings is 1. The highest BCUT2D eigenvalue weighted by Gasteiger charge is 2.38. The quantitative estimate of drug-likeness (QED) is 0.472. The predicted octanol–water partition coefficient (Wildman–Crippen LogP) is 5.60. The first-order valence-corrected chi connectivity index (χ1v) is 11.8. The third kappa shape index (κ3) is 5.10. The second-order valence-corrected chi connectivity index (χ2v) is 9.07. The second-order valence-electron chi connectivity index (χ2n) is 9.07. The molecule has 0 spiro atoms. The van der Waals surface area contributed by atoms with Gasteiger partial charge in [-0.3, -0.25) is 4.79 Å². The highest BCUT2D eigenvalue weighted by Crippen LogP contribution is 2.40. The summed E-state index contributed by atoms with van der Waals surface area (Å²) in [6.45, 7) is 11.4. The first kappa shape index (κ1) is 26.8. The lowest BCUT2D eigenvalue weighted by Gasteiger charge is -2.29. The highest BCUT2D eigenvalue weighted by atomic mass is 19.2. The van der Waals surface area contributed by atoms with Crippen molar-refractivity contribution < 1.29 is 27.8 Å². The van der Waals surface area contributed by atoms with Gasteiger partial charge >= 0.3 is 5.97 Å². The molecule has 0 atom stereocenters. The number of nitrogens with one attached hydrogen (secondary N) is 1. The van der Waals surface area contributed by atoms with Crippen LogP contribution < -0.4 is 4.74 Å². The van der Waals surface area contributed by atoms with Crippen molar-refractivity contribution in [2.75, 3.05) is 13.7 Å². The number of fused-ring (bicyclic) bond motifs is 3. The SMILES string of the molecule is CC.COc1ccc2[nH]c3c(c2n1)C(C)(C)CN(C(=O)c1ccc(F)c(F)c1)C=C3C(=O)OC(C)C. The van der Waals surface area contributed by atoms with E-state index in [2.05, 4.69) is 9.97 Å². The van der Waals surface area contributed by atoms with E-state index < -0.39 is 35.0 Å². The molecular weight excluding hydrogens is 468 g/mol. The first-order valence-electron chi connectivity index (χ1n) is 11.8. The van der Waals surface area contributed by atoms with Crippen LogP contribution in [-0.4, -0.2) is 46.5 Å². The predicted molar refractivity (Wildman–Crippen MR) is 134 cm³/mol. The Bertz CT molecular complexity index is 1330. The van der Waals surface area contributed by atoms with Crippen molar-refractivity contribution in [2.24, 2.45) is 0 Å². The van der Waals surface area contributed by atoms with Gasteiger partial charge in [0.25, 0.3) is 5.91 Å². The zero-order chi connectivity index (χ0) is 26.8. The fraction of sp³-hybridized carbons (Fsp3) is 0.370. The Labute approximate surface area is 209 Å². The Kier molecular flexibility index (Phi) is 7.81. The van der Waals surface area contributed by atoms with Gasteiger partial charge < -0.3 is 19.4 Å². The van der Waals surface area contributed by atoms with Crippen molar-refractivity contribution in [3.8, 4) is 5.88 Å². The largest absolute Gasteiger partial charge is 0.481 e. The van der Waals surface area contributed by atoms with Crippen molar-refractivity contribution in [3.63, 3.8) is 0 Å². The van der Waals surface area contributed by atoms with Crippen molar-refractivity contribution in [1.82, 2.24) is 14.9 Å². The van der Waals surface area contributed by atoms with E-state index in [1.165, 1.54) is 24.3 Å². The van der Waals surface area contributed by atoms with Crippen LogP contribution in [0.2, 0.25) is 0 Å². The third-order valence-corrected chi connectivity index (χ3v) is 5.61. The number of carbonyl (C=O) groups excluding carboxylic acids is 2. The number of methoxy groups -OCH3 is 1. The van der Waals surface area contributed by atoms with Gasteiger partial charge in [0.15, 0.2) is 11.6 Å². The fourth-order valence-electron chi connectivity index (χ4n) is 4.15. The highest BCUT2D eigenvalue weighted by molar-refractivity contribution is 6.18. The Morgan fingerprint density at radius 1 is 1.11 bits per heavy atom. The number of hydrogen-bond donors (Lipinski definition) is 1. The summed E-state index contributed by atoms with van der Waals surface area (Å²) in [7, 11) is 1.51. The molecule has 1 N–H and O–H groups in total. The number of hydrogen-bond acceptors (Lipinski definition) is 5. The summed E-state index contributed by atoms with van der Waals surface area (Å²) < 4.78 is 38.0. The van der Waals surface area contributed by atoms with Gasteiger partial charge in [-0.05, 0) is 38.1 Å². The van der Waals surface area contributed by atoms with E-state index in [-0.39, 0.29) is 17.7 Å². The van der Waals surface area contributed by atoms with E-state index in [0.717, 1.165) is 12.1 Å². The number of H-pyrrole nitrogens is 1. The maximum Gasteiger partial charge on any atom is 0.342 e. The summed E-state index contributed by atoms with van der Waals surface area (Å²) in [6.07, 6.45) is 1.00. The minimum atomic E-state index is -1.13. The molecule has 1 aliphatic rings. The molecule has 1 aromatic carbocycles. The molecule has 192 valence electrons. The van der Waals surface area contributed by atoms with Crippen molar-refractivity contribution >= 4 is 28.5 Å². The number of pyridine rings is 1. The van der Waals surface area contributed by atoms with Crippen LogP contribution in [0, 0.1) is 11.6 Å². The molecule has 36 heavy (non-hydrogen) atoms. The Morgan fingerprint density at radius 3 is 2.42 bits per heavy atom. The van der Waals surface area contributed by atoms with E-state index in [4.69, 9.17) is 9.47 Å². The fourth-order valence-corrected chi connectivity index (χ4v) is 4.15. The standard InChI is InChI=1S/C25H25F2N3O4.C2H6/c1-13(2)34-24(32)15-11-30(23(31)14-6-7-16(26)17(27)10-14)12-25(3,4)20-21(15)28-18-8-9-19(33-5)29-22(18)20;1-2/h6-11,13,28H,12H2,1-5H3;1-2H3. The topological polar surface area (TPSA) is 84.5 Å². The average molecular weight is 500 g/mol. The molecule has 0 aliphatic carbocycles. The van der Waals surface area contributed by atoms with Gasteiger partial charge in [-0.1, -0.05) is 27.7 Å². The van der Waals surface area contributed by atoms with E-state index in [1.54, 1.807) is 19.9 Å². The molecule has 3 aromatic rings. The number of rotatable bonds is 4. The van der Waals surface area contributed by atoms with E-state index in [1.807, 2.05) is 33.8 Å². The number of nitrogens with zero attached hydrogens (tertiary/aromatic N) is 2. The summed E-state index contributed by atoms with van der Waals surface area (Å²) in [5.74, 6) is -2.99. The number of aromatic nitrogens is 2. The summed E-state index contributed by atoms with van der Waals surface area (Å²) in [6, 6.07) is 6.47. The van der Waals surface area contributed by atoms with Gasteiger partial charge in [0.2, 0.25) is 5.88 Å². The lowest BCUT2D eigenvalue weighted by Crippen LogP contribution is -2.37. The van der Waals surface area contributed by atoms with Crippen LogP contribution in [0.25, 0.3) is 16.6 Å². The zero-order valence-corrected chi connectivity index (χ0v) is 21.5. The number of esters is 1. The van der Waals surface area contributed by atoms with Crippen LogP contribution in [0.15, 0.2) is 36.5 Å². The van der Waals surface area contributed by atoms with Gasteiger partial charge in [-0.25, -0.2) is 18.6 Å². The second kappa shape index (κ2) is 10.5. The Balaban J connectivity index is 0.00000176. The minimum absolute atomic E-state index is 0.0438. The van der Waals surface area contributed by atoms with Crippen LogP contribution in [0.3, 0.4) is 0 Å². The van der Waals surface area contributed by atoms with Gasteiger partial charge in [0, 0.05) is 35.4 Å². The molecule has 0 unspecified atom stereocenters. The molecule has 0 radical (unpaired) electrons. The Morgan fingerprint density at radius 2 is 1.81 bits per heavy atom. The van der Waals surface area contributed by atoms with E-state index >= 15 is 0 Å². The number of halogens is 2. The van der Waals surface area contributed by atoms with Gasteiger partial charge in [0.1, 0.15) is 0 Å². The molecule has 0 saturated carbocycles. The first-order chi connectivity index (χ1) is 17.0. The molecule has 1 amide bonds. The van der Waals surface area contributed by atoms with E-state index in [0.29, 0.717) is 28.2 Å². The van der Waals surface area contributed by atoms with Crippen molar-refractivity contribution in [1.29, 1.82) is 0 Å². The lowest BCUT2D eigenvalue weighted by molar-refractivity contribution is -0.140. The molecule has 9 heteroatoms. The van der Waals surface area contributed by atoms with Crippen molar-refractivity contribution in [2.45, 2.75) is 53.1 Å². The van der Waals surface area contributed by atoms with Crippen molar-refractivity contribution in [3.05, 3.63) is 65.0 Å². The third-order valence-electron chi connectivity index (χ3n) is 5.61. The number of ether oxygens (including phenoxy) is 2. The van der Waals surface area contributed by atoms with Gasteiger partial charge in [-0.15, -0.1) is 0 Å². The zero-order valence-electron chi connectivity index (χ0n) is 21.5. The number of amides is 1. The smallest absolute Gasteiger partial charge is 0.342 e. The summed E-state index contributed by atoms with van der Waals surface area (Å²) >= 11 is 0. The molecule has 1 aliphatic heterocycles. The normalized spacial score (nSPS) is 14.4. The van der Waals surface area contributed by atoms with Crippen LogP contribution >= 0.6 is 0 Å². The summed E-state index contributed by atoms with van der Waals surface area (Å²) in [4.78, 5) is 35.6. The van der Waals surface area contributed by atoms with Crippen LogP contribution in [0.4, 0.5) is 8.78 Å². The average Bonchev–Trinajstić information content (AvgIpc) is 3.17. The molecule has 2 aromatic heterocycles. The summed E-state index contributed by atoms with van der Waals surface area (Å²) in [5.41, 5.74) is 1.88. The van der Waals surface area contributed by atoms with Crippen LogP contribution in [-0.2, 0) is 14.9 Å². The molecule has 4 rings (SSSR count). The molecule has 0 saturated heterocycles. The number of carbonyl (C=O) groups is 2. The van der Waals surface area contributed by atoms with Crippen LogP contribution in [0.1, 0.15) is 63.2 Å². The van der Waals surface area contributed by atoms with E-state index in [9.17, 15) is 18.4 Å². The minimum Gasteiger partial charge on any atom is -0.481 e. The maximum absolute atomic E-state index is 13.8. The number of aromatic amines is 1. The van der Waals surface area contributed by atoms with Gasteiger partial charge in [0.05, 0.1) is 35.5 Å². The molecule has 7 nitrogen and oxygen atoms in total.